The van der Waals surface area contributed by atoms with Crippen molar-refractivity contribution in [2.45, 2.75) is 13.8 Å². The first-order valence-corrected chi connectivity index (χ1v) is 9.11. The predicted molar refractivity (Wildman–Crippen MR) is 112 cm³/mol. The van der Waals surface area contributed by atoms with E-state index in [9.17, 15) is 0 Å². The van der Waals surface area contributed by atoms with Gasteiger partial charge in [0.25, 0.3) is 0 Å². The lowest BCUT2D eigenvalue weighted by Gasteiger charge is -2.34. The van der Waals surface area contributed by atoms with Crippen LogP contribution >= 0.6 is 0 Å². The van der Waals surface area contributed by atoms with Gasteiger partial charge in [-0.2, -0.15) is 5.26 Å². The largest absolute Gasteiger partial charge is 0.242 e. The first kappa shape index (κ1) is 17.6. The second-order valence-electron chi connectivity index (χ2n) is 6.82. The van der Waals surface area contributed by atoms with Crippen molar-refractivity contribution in [3.8, 4) is 6.07 Å². The molecule has 0 saturated heterocycles. The van der Waals surface area contributed by atoms with E-state index in [1.165, 1.54) is 11.1 Å². The summed E-state index contributed by atoms with van der Waals surface area (Å²) in [6.07, 6.45) is 0. The van der Waals surface area contributed by atoms with Crippen LogP contribution in [0.4, 0.5) is 11.4 Å². The number of aryl methyl sites for hydroxylation is 2. The van der Waals surface area contributed by atoms with Crippen LogP contribution in [-0.2, 0) is 0 Å². The molecule has 5 nitrogen and oxygen atoms in total. The first-order valence-electron chi connectivity index (χ1n) is 9.11. The highest BCUT2D eigenvalue weighted by Crippen LogP contribution is 2.23. The molecule has 28 heavy (non-hydrogen) atoms. The number of rotatable bonds is 3. The molecule has 3 aromatic carbocycles. The molecule has 0 atom stereocenters. The fraction of sp³-hybridized carbons (Fsp3) is 0.130. The van der Waals surface area contributed by atoms with Crippen LogP contribution in [0.25, 0.3) is 0 Å². The third-order valence-electron chi connectivity index (χ3n) is 4.64. The molecule has 0 fully saturated rings. The Labute approximate surface area is 165 Å². The molecule has 3 aromatic rings. The van der Waals surface area contributed by atoms with Crippen LogP contribution in [0, 0.1) is 25.2 Å². The minimum atomic E-state index is 0.520. The molecule has 0 spiro atoms. The Hall–Kier alpha value is -3.78. The number of nitrogens with zero attached hydrogens (tertiary/aromatic N) is 5. The monoisotopic (exact) mass is 366 g/mol. The molecule has 4 rings (SSSR count). The normalized spacial score (nSPS) is 13.5. The van der Waals surface area contributed by atoms with Gasteiger partial charge in [-0.15, -0.1) is 10.5 Å². The standard InChI is InChI=1S/C23H20N5/c1-17-3-11-21(12-4-17)27-16-28(22-13-5-18(2)6-14-22)26-23(25-27)20-9-7-19(15-24)8-10-20/h3-14H,16H2,1-2H3. The van der Waals surface area contributed by atoms with Crippen molar-refractivity contribution in [2.24, 2.45) is 5.10 Å². The fourth-order valence-electron chi connectivity index (χ4n) is 2.96. The van der Waals surface area contributed by atoms with Crippen molar-refractivity contribution in [2.75, 3.05) is 16.7 Å². The van der Waals surface area contributed by atoms with Gasteiger partial charge in [0.1, 0.15) is 6.67 Å². The Morgan fingerprint density at radius 3 is 1.82 bits per heavy atom. The van der Waals surface area contributed by atoms with E-state index < -0.39 is 0 Å². The Morgan fingerprint density at radius 1 is 0.750 bits per heavy atom. The quantitative estimate of drug-likeness (QED) is 0.693. The van der Waals surface area contributed by atoms with Crippen molar-refractivity contribution in [3.63, 3.8) is 0 Å². The zero-order valence-corrected chi connectivity index (χ0v) is 15.9. The molecule has 0 amide bonds. The second kappa shape index (κ2) is 7.45. The minimum absolute atomic E-state index is 0.520. The van der Waals surface area contributed by atoms with Crippen molar-refractivity contribution in [1.82, 2.24) is 5.43 Å². The number of nitriles is 1. The average molecular weight is 366 g/mol. The molecule has 1 radical (unpaired) electrons. The van der Waals surface area contributed by atoms with Gasteiger partial charge >= 0.3 is 0 Å². The van der Waals surface area contributed by atoms with Crippen molar-refractivity contribution in [1.29, 1.82) is 5.26 Å². The fourth-order valence-corrected chi connectivity index (χ4v) is 2.96. The number of amidine groups is 1. The number of hydrogen-bond acceptors (Lipinski definition) is 4. The molecule has 0 aliphatic carbocycles. The van der Waals surface area contributed by atoms with E-state index in [0.717, 1.165) is 16.9 Å². The molecule has 0 N–H and O–H groups in total. The molecule has 5 heteroatoms. The molecular weight excluding hydrogens is 346 g/mol. The summed E-state index contributed by atoms with van der Waals surface area (Å²) in [6.45, 7) is 4.66. The van der Waals surface area contributed by atoms with E-state index in [-0.39, 0.29) is 0 Å². The van der Waals surface area contributed by atoms with Crippen molar-refractivity contribution in [3.05, 3.63) is 95.1 Å². The second-order valence-corrected chi connectivity index (χ2v) is 6.82. The Bertz CT molecular complexity index is 1030. The van der Waals surface area contributed by atoms with Gasteiger partial charge in [0.05, 0.1) is 23.0 Å². The van der Waals surface area contributed by atoms with E-state index in [2.05, 4.69) is 68.4 Å². The maximum Gasteiger partial charge on any atom is 0.199 e. The molecule has 0 aromatic heterocycles. The molecule has 1 heterocycles. The Kier molecular flexibility index (Phi) is 4.69. The molecule has 137 valence electrons. The highest BCUT2D eigenvalue weighted by atomic mass is 15.7. The van der Waals surface area contributed by atoms with Gasteiger partial charge in [0.2, 0.25) is 0 Å². The van der Waals surface area contributed by atoms with Gasteiger partial charge in [0.15, 0.2) is 5.84 Å². The summed E-state index contributed by atoms with van der Waals surface area (Å²) in [4.78, 5) is 0. The van der Waals surface area contributed by atoms with E-state index >= 15 is 0 Å². The Balaban J connectivity index is 1.72. The third kappa shape index (κ3) is 3.67. The maximum atomic E-state index is 9.04. The number of hydrazone groups is 1. The van der Waals surface area contributed by atoms with Gasteiger partial charge in [-0.25, -0.2) is 10.0 Å². The molecule has 0 unspecified atom stereocenters. The van der Waals surface area contributed by atoms with Gasteiger partial charge in [0, 0.05) is 5.56 Å². The zero-order chi connectivity index (χ0) is 19.5. The highest BCUT2D eigenvalue weighted by molar-refractivity contribution is 6.00. The molecule has 1 aliphatic heterocycles. The minimum Gasteiger partial charge on any atom is -0.242 e. The van der Waals surface area contributed by atoms with Crippen LogP contribution in [0.3, 0.4) is 0 Å². The summed E-state index contributed by atoms with van der Waals surface area (Å²) in [6, 6.07) is 26.0. The van der Waals surface area contributed by atoms with Gasteiger partial charge in [-0.05, 0) is 62.4 Å². The first-order chi connectivity index (χ1) is 13.6. The maximum absolute atomic E-state index is 9.04. The molecule has 1 aliphatic rings. The zero-order valence-electron chi connectivity index (χ0n) is 15.9. The summed E-state index contributed by atoms with van der Waals surface area (Å²) in [7, 11) is 0. The van der Waals surface area contributed by atoms with Gasteiger partial charge < -0.3 is 0 Å². The van der Waals surface area contributed by atoms with Crippen molar-refractivity contribution >= 4 is 17.2 Å². The molecular formula is C23H20N5. The van der Waals surface area contributed by atoms with Crippen molar-refractivity contribution < 1.29 is 0 Å². The number of anilines is 2. The lowest BCUT2D eigenvalue weighted by Crippen LogP contribution is -2.48. The van der Waals surface area contributed by atoms with E-state index in [0.29, 0.717) is 18.1 Å². The van der Waals surface area contributed by atoms with Crippen LogP contribution in [0.2, 0.25) is 0 Å². The SMILES string of the molecule is Cc1ccc(N2CN(c3ccc(C)cc3)N=C(c3ccc(C#N)cc3)[N]2)cc1. The van der Waals surface area contributed by atoms with Crippen LogP contribution in [0.5, 0.6) is 0 Å². The van der Waals surface area contributed by atoms with E-state index in [4.69, 9.17) is 15.8 Å². The predicted octanol–water partition coefficient (Wildman–Crippen LogP) is 4.34. The van der Waals surface area contributed by atoms with Crippen LogP contribution < -0.4 is 15.4 Å². The van der Waals surface area contributed by atoms with E-state index in [1.54, 1.807) is 12.1 Å². The van der Waals surface area contributed by atoms with Gasteiger partial charge in [-0.3, -0.25) is 0 Å². The lowest BCUT2D eigenvalue weighted by atomic mass is 10.1. The van der Waals surface area contributed by atoms with Crippen LogP contribution in [-0.4, -0.2) is 12.5 Å². The topological polar surface area (TPSA) is 56.7 Å². The third-order valence-corrected chi connectivity index (χ3v) is 4.64. The lowest BCUT2D eigenvalue weighted by molar-refractivity contribution is 0.671. The van der Waals surface area contributed by atoms with E-state index in [1.807, 2.05) is 22.2 Å². The van der Waals surface area contributed by atoms with Gasteiger partial charge in [-0.1, -0.05) is 35.4 Å². The summed E-state index contributed by atoms with van der Waals surface area (Å²) < 4.78 is 0. The summed E-state index contributed by atoms with van der Waals surface area (Å²) in [5, 5.41) is 17.7. The highest BCUT2D eigenvalue weighted by Gasteiger charge is 2.23. The molecule has 0 saturated carbocycles. The molecule has 0 bridgehead atoms. The summed E-state index contributed by atoms with van der Waals surface area (Å²) >= 11 is 0. The Morgan fingerprint density at radius 2 is 1.29 bits per heavy atom. The smallest absolute Gasteiger partial charge is 0.199 e. The number of benzene rings is 3. The summed E-state index contributed by atoms with van der Waals surface area (Å²) in [5.74, 6) is 0.608. The average Bonchev–Trinajstić information content (AvgIpc) is 2.74. The van der Waals surface area contributed by atoms with Crippen LogP contribution in [0.15, 0.2) is 77.9 Å². The van der Waals surface area contributed by atoms with Crippen LogP contribution in [0.1, 0.15) is 22.3 Å². The summed E-state index contributed by atoms with van der Waals surface area (Å²) in [5.41, 5.74) is 10.7. The number of hydrogen-bond donors (Lipinski definition) is 0.